The van der Waals surface area contributed by atoms with Crippen LogP contribution >= 0.6 is 0 Å². The minimum absolute atomic E-state index is 0.169. The van der Waals surface area contributed by atoms with Crippen molar-refractivity contribution in [2.45, 2.75) is 39.0 Å². The Bertz CT molecular complexity index is 1020. The Morgan fingerprint density at radius 2 is 2.09 bits per heavy atom. The number of nitrogens with zero attached hydrogens (tertiary/aromatic N) is 4. The van der Waals surface area contributed by atoms with Crippen molar-refractivity contribution in [3.05, 3.63) is 48.3 Å². The quantitative estimate of drug-likeness (QED) is 0.343. The fraction of sp³-hybridized carbons (Fsp3) is 0.458. The van der Waals surface area contributed by atoms with Crippen LogP contribution in [0.4, 0.5) is 0 Å². The standard InChI is InChI=1S/C24H32N6O4/c1-3-5-6-15-34-21-16-18(23(32)25-4-2)10-11-20(21)30-17-19(27-28-30)24(33)26-12-8-14-29-13-7-9-22(29)31/h3,10-11,16-17H,1,4-9,12-15H2,2H3,(H,25,32)(H,26,33). The summed E-state index contributed by atoms with van der Waals surface area (Å²) in [7, 11) is 0. The number of carbonyl (C=O) groups is 3. The number of allylic oxidation sites excluding steroid dienone is 1. The SMILES string of the molecule is C=CCCCOc1cc(C(=O)NCC)ccc1-n1cc(C(=O)NCCCN2CCCC2=O)nn1. The molecule has 182 valence electrons. The molecule has 1 aromatic heterocycles. The second-order valence-corrected chi connectivity index (χ2v) is 7.96. The molecule has 1 saturated heterocycles. The predicted molar refractivity (Wildman–Crippen MR) is 127 cm³/mol. The van der Waals surface area contributed by atoms with E-state index in [0.29, 0.717) is 56.1 Å². The first-order chi connectivity index (χ1) is 16.5. The molecule has 3 amide bonds. The summed E-state index contributed by atoms with van der Waals surface area (Å²) >= 11 is 0. The van der Waals surface area contributed by atoms with E-state index in [4.69, 9.17) is 4.74 Å². The molecule has 0 spiro atoms. The molecule has 0 bridgehead atoms. The van der Waals surface area contributed by atoms with Gasteiger partial charge in [-0.05, 0) is 50.8 Å². The van der Waals surface area contributed by atoms with Crippen molar-refractivity contribution in [1.29, 1.82) is 0 Å². The summed E-state index contributed by atoms with van der Waals surface area (Å²) in [6.07, 6.45) is 7.12. The van der Waals surface area contributed by atoms with E-state index in [0.717, 1.165) is 25.8 Å². The lowest BCUT2D eigenvalue weighted by Gasteiger charge is -2.14. The number of aromatic nitrogens is 3. The summed E-state index contributed by atoms with van der Waals surface area (Å²) in [6.45, 7) is 8.39. The van der Waals surface area contributed by atoms with Crippen LogP contribution in [0.3, 0.4) is 0 Å². The lowest BCUT2D eigenvalue weighted by molar-refractivity contribution is -0.127. The number of nitrogens with one attached hydrogen (secondary N) is 2. The van der Waals surface area contributed by atoms with Gasteiger partial charge >= 0.3 is 0 Å². The maximum Gasteiger partial charge on any atom is 0.273 e. The van der Waals surface area contributed by atoms with Gasteiger partial charge in [0.15, 0.2) is 5.69 Å². The Labute approximate surface area is 199 Å². The van der Waals surface area contributed by atoms with Crippen molar-refractivity contribution in [2.24, 2.45) is 0 Å². The van der Waals surface area contributed by atoms with Crippen LogP contribution < -0.4 is 15.4 Å². The van der Waals surface area contributed by atoms with Crippen molar-refractivity contribution in [2.75, 3.05) is 32.8 Å². The summed E-state index contributed by atoms with van der Waals surface area (Å²) in [5.41, 5.74) is 1.22. The van der Waals surface area contributed by atoms with E-state index < -0.39 is 0 Å². The molecule has 1 aliphatic rings. The summed E-state index contributed by atoms with van der Waals surface area (Å²) < 4.78 is 7.38. The molecular weight excluding hydrogens is 436 g/mol. The first-order valence-electron chi connectivity index (χ1n) is 11.7. The number of hydrogen-bond acceptors (Lipinski definition) is 6. The van der Waals surface area contributed by atoms with Crippen molar-refractivity contribution < 1.29 is 19.1 Å². The zero-order valence-electron chi connectivity index (χ0n) is 19.6. The molecule has 1 aliphatic heterocycles. The summed E-state index contributed by atoms with van der Waals surface area (Å²) in [6, 6.07) is 5.06. The van der Waals surface area contributed by atoms with Gasteiger partial charge in [0.05, 0.1) is 12.8 Å². The van der Waals surface area contributed by atoms with Crippen LogP contribution in [0.15, 0.2) is 37.1 Å². The van der Waals surface area contributed by atoms with Crippen LogP contribution in [0, 0.1) is 0 Å². The largest absolute Gasteiger partial charge is 0.491 e. The maximum atomic E-state index is 12.5. The molecule has 0 radical (unpaired) electrons. The molecule has 2 aromatic rings. The molecule has 2 heterocycles. The molecule has 0 unspecified atom stereocenters. The Morgan fingerprint density at radius 3 is 2.82 bits per heavy atom. The Balaban J connectivity index is 1.65. The van der Waals surface area contributed by atoms with Crippen LogP contribution in [-0.4, -0.2) is 70.4 Å². The van der Waals surface area contributed by atoms with Gasteiger partial charge in [0.1, 0.15) is 11.4 Å². The lowest BCUT2D eigenvalue weighted by atomic mass is 10.1. The molecule has 3 rings (SSSR count). The highest BCUT2D eigenvalue weighted by atomic mass is 16.5. The third-order valence-electron chi connectivity index (χ3n) is 5.40. The zero-order valence-corrected chi connectivity index (χ0v) is 19.6. The average molecular weight is 469 g/mol. The van der Waals surface area contributed by atoms with E-state index in [1.54, 1.807) is 18.2 Å². The monoisotopic (exact) mass is 468 g/mol. The molecule has 10 heteroatoms. The number of rotatable bonds is 13. The normalized spacial score (nSPS) is 13.1. The molecule has 34 heavy (non-hydrogen) atoms. The number of unbranched alkanes of at least 4 members (excludes halogenated alkanes) is 1. The highest BCUT2D eigenvalue weighted by Gasteiger charge is 2.20. The second-order valence-electron chi connectivity index (χ2n) is 7.96. The van der Waals surface area contributed by atoms with Crippen LogP contribution in [0.2, 0.25) is 0 Å². The molecule has 1 aromatic carbocycles. The van der Waals surface area contributed by atoms with Crippen LogP contribution in [0.5, 0.6) is 5.75 Å². The first-order valence-corrected chi connectivity index (χ1v) is 11.7. The van der Waals surface area contributed by atoms with Crippen molar-refractivity contribution in [3.8, 4) is 11.4 Å². The third-order valence-corrected chi connectivity index (χ3v) is 5.40. The molecule has 2 N–H and O–H groups in total. The van der Waals surface area contributed by atoms with Crippen molar-refractivity contribution in [1.82, 2.24) is 30.5 Å². The number of ether oxygens (including phenoxy) is 1. The number of hydrogen-bond donors (Lipinski definition) is 2. The lowest BCUT2D eigenvalue weighted by Crippen LogP contribution is -2.30. The summed E-state index contributed by atoms with van der Waals surface area (Å²) in [5.74, 6) is 0.112. The van der Waals surface area contributed by atoms with Gasteiger partial charge in [-0.1, -0.05) is 11.3 Å². The van der Waals surface area contributed by atoms with E-state index in [9.17, 15) is 14.4 Å². The fourth-order valence-electron chi connectivity index (χ4n) is 3.62. The van der Waals surface area contributed by atoms with Crippen LogP contribution in [0.25, 0.3) is 5.69 Å². The van der Waals surface area contributed by atoms with Crippen molar-refractivity contribution in [3.63, 3.8) is 0 Å². The van der Waals surface area contributed by atoms with Gasteiger partial charge in [0, 0.05) is 38.2 Å². The van der Waals surface area contributed by atoms with Crippen LogP contribution in [0.1, 0.15) is 59.9 Å². The molecule has 0 saturated carbocycles. The Hall–Kier alpha value is -3.69. The minimum atomic E-state index is -0.341. The van der Waals surface area contributed by atoms with E-state index in [2.05, 4.69) is 27.5 Å². The van der Waals surface area contributed by atoms with Gasteiger partial charge in [-0.15, -0.1) is 11.7 Å². The number of amides is 3. The van der Waals surface area contributed by atoms with E-state index >= 15 is 0 Å². The molecule has 0 atom stereocenters. The fourth-order valence-corrected chi connectivity index (χ4v) is 3.62. The molecule has 1 fully saturated rings. The van der Waals surface area contributed by atoms with Crippen molar-refractivity contribution >= 4 is 17.7 Å². The number of likely N-dealkylation sites (tertiary alicyclic amines) is 1. The highest BCUT2D eigenvalue weighted by molar-refractivity contribution is 5.95. The van der Waals surface area contributed by atoms with Gasteiger partial charge < -0.3 is 20.3 Å². The van der Waals surface area contributed by atoms with E-state index in [1.165, 1.54) is 10.9 Å². The number of benzene rings is 1. The Kier molecular flexibility index (Phi) is 9.19. The minimum Gasteiger partial charge on any atom is -0.491 e. The summed E-state index contributed by atoms with van der Waals surface area (Å²) in [4.78, 5) is 38.2. The van der Waals surface area contributed by atoms with E-state index in [1.807, 2.05) is 17.9 Å². The van der Waals surface area contributed by atoms with Gasteiger partial charge in [0.2, 0.25) is 5.91 Å². The maximum absolute atomic E-state index is 12.5. The highest BCUT2D eigenvalue weighted by Crippen LogP contribution is 2.25. The molecular formula is C24H32N6O4. The first kappa shape index (κ1) is 24.9. The third kappa shape index (κ3) is 6.66. The second kappa shape index (κ2) is 12.5. The van der Waals surface area contributed by atoms with Gasteiger partial charge in [-0.2, -0.15) is 0 Å². The van der Waals surface area contributed by atoms with Gasteiger partial charge in [-0.25, -0.2) is 4.68 Å². The number of carbonyl (C=O) groups excluding carboxylic acids is 3. The van der Waals surface area contributed by atoms with Gasteiger partial charge in [0.25, 0.3) is 11.8 Å². The van der Waals surface area contributed by atoms with Gasteiger partial charge in [-0.3, -0.25) is 14.4 Å². The average Bonchev–Trinajstić information content (AvgIpc) is 3.49. The molecule has 0 aliphatic carbocycles. The predicted octanol–water partition coefficient (Wildman–Crippen LogP) is 2.10. The molecule has 10 nitrogen and oxygen atoms in total. The topological polar surface area (TPSA) is 118 Å². The van der Waals surface area contributed by atoms with E-state index in [-0.39, 0.29) is 23.4 Å². The van der Waals surface area contributed by atoms with Crippen LogP contribution in [-0.2, 0) is 4.79 Å². The summed E-state index contributed by atoms with van der Waals surface area (Å²) in [5, 5.41) is 13.7. The smallest absolute Gasteiger partial charge is 0.273 e. The zero-order chi connectivity index (χ0) is 24.3. The Morgan fingerprint density at radius 1 is 1.24 bits per heavy atom.